The van der Waals surface area contributed by atoms with Gasteiger partial charge in [-0.05, 0) is 13.8 Å². The zero-order chi connectivity index (χ0) is 15.4. The quantitative estimate of drug-likeness (QED) is 0.605. The summed E-state index contributed by atoms with van der Waals surface area (Å²) in [5.74, 6) is -0.623. The number of hydrogen-bond acceptors (Lipinski definition) is 3. The number of carbonyl (C=O) groups excluding carboxylic acids is 1. The van der Waals surface area contributed by atoms with E-state index in [1.54, 1.807) is 0 Å². The van der Waals surface area contributed by atoms with Gasteiger partial charge in [-0.1, -0.05) is 11.6 Å². The molecule has 1 aromatic rings. The Hall–Kier alpha value is -1.82. The fourth-order valence-electron chi connectivity index (χ4n) is 1.65. The molecule has 7 heteroatoms. The third kappa shape index (κ3) is 3.39. The fourth-order valence-corrected chi connectivity index (χ4v) is 1.80. The highest BCUT2D eigenvalue weighted by atomic mass is 35.5. The first-order valence-corrected chi connectivity index (χ1v) is 6.59. The molecule has 0 bridgehead atoms. The van der Waals surface area contributed by atoms with E-state index in [2.05, 4.69) is 0 Å². The zero-order valence-corrected chi connectivity index (χ0v) is 12.8. The zero-order valence-electron chi connectivity index (χ0n) is 12.0. The number of amides is 1. The van der Waals surface area contributed by atoms with Crippen LogP contribution in [0.1, 0.15) is 13.8 Å². The average Bonchev–Trinajstić information content (AvgIpc) is 2.41. The molecule has 0 aliphatic heterocycles. The second kappa shape index (κ2) is 6.56. The first kappa shape index (κ1) is 16.2. The summed E-state index contributed by atoms with van der Waals surface area (Å²) in [4.78, 5) is 37.0. The third-order valence-corrected chi connectivity index (χ3v) is 3.05. The van der Waals surface area contributed by atoms with E-state index in [-0.39, 0.29) is 24.0 Å². The lowest BCUT2D eigenvalue weighted by molar-refractivity contribution is -0.116. The van der Waals surface area contributed by atoms with Gasteiger partial charge in [0.1, 0.15) is 11.6 Å². The van der Waals surface area contributed by atoms with Gasteiger partial charge in [0.2, 0.25) is 5.91 Å². The Labute approximate surface area is 121 Å². The molecule has 0 N–H and O–H groups in total. The number of hydrogen-bond donors (Lipinski definition) is 0. The highest BCUT2D eigenvalue weighted by molar-refractivity contribution is 6.29. The number of allylic oxidation sites excluding steroid dienone is 1. The second-order valence-electron chi connectivity index (χ2n) is 4.69. The molecule has 0 saturated heterocycles. The molecule has 1 heterocycles. The van der Waals surface area contributed by atoms with Crippen molar-refractivity contribution in [2.75, 3.05) is 17.3 Å². The Morgan fingerprint density at radius 1 is 1.35 bits per heavy atom. The summed E-state index contributed by atoms with van der Waals surface area (Å²) in [5.41, 5.74) is 0.185. The summed E-state index contributed by atoms with van der Waals surface area (Å²) >= 11 is 5.59. The van der Waals surface area contributed by atoms with Gasteiger partial charge in [-0.2, -0.15) is 0 Å². The maximum atomic E-state index is 12.1. The standard InChI is InChI=1S/C13H18ClN3O3/c1-9(2)5-6-17(11(18)7-14)10-8-15(3)13(20)16(4)12(10)19/h5,8H,6-7H2,1-4H3. The number of nitrogens with zero attached hydrogens (tertiary/aromatic N) is 3. The maximum absolute atomic E-state index is 12.1. The Balaban J connectivity index is 3.42. The Kier molecular flexibility index (Phi) is 5.33. The van der Waals surface area contributed by atoms with Crippen LogP contribution in [-0.2, 0) is 18.9 Å². The van der Waals surface area contributed by atoms with E-state index in [4.69, 9.17) is 11.6 Å². The van der Waals surface area contributed by atoms with Gasteiger partial charge in [-0.15, -0.1) is 11.6 Å². The minimum absolute atomic E-state index is 0.137. The van der Waals surface area contributed by atoms with E-state index < -0.39 is 11.2 Å². The molecule has 0 fully saturated rings. The highest BCUT2D eigenvalue weighted by Gasteiger charge is 2.19. The van der Waals surface area contributed by atoms with Crippen molar-refractivity contribution in [1.29, 1.82) is 0 Å². The molecule has 6 nitrogen and oxygen atoms in total. The lowest BCUT2D eigenvalue weighted by atomic mass is 10.3. The van der Waals surface area contributed by atoms with E-state index in [0.29, 0.717) is 0 Å². The molecule has 0 aromatic carbocycles. The highest BCUT2D eigenvalue weighted by Crippen LogP contribution is 2.08. The van der Waals surface area contributed by atoms with Crippen molar-refractivity contribution in [3.8, 4) is 0 Å². The van der Waals surface area contributed by atoms with Crippen LogP contribution in [0.5, 0.6) is 0 Å². The number of aromatic nitrogens is 2. The molecule has 0 atom stereocenters. The number of aryl methyl sites for hydroxylation is 1. The van der Waals surface area contributed by atoms with Gasteiger partial charge in [-0.3, -0.25) is 14.2 Å². The molecule has 0 aliphatic rings. The first-order valence-electron chi connectivity index (χ1n) is 6.06. The number of halogens is 1. The summed E-state index contributed by atoms with van der Waals surface area (Å²) in [6, 6.07) is 0. The Morgan fingerprint density at radius 2 is 1.95 bits per heavy atom. The molecule has 0 unspecified atom stereocenters. The monoisotopic (exact) mass is 299 g/mol. The number of alkyl halides is 1. The SMILES string of the molecule is CC(C)=CCN(C(=O)CCl)c1cn(C)c(=O)n(C)c1=O. The number of anilines is 1. The van der Waals surface area contributed by atoms with Crippen molar-refractivity contribution in [2.45, 2.75) is 13.8 Å². The van der Waals surface area contributed by atoms with Crippen molar-refractivity contribution in [3.05, 3.63) is 38.7 Å². The van der Waals surface area contributed by atoms with Crippen molar-refractivity contribution in [3.63, 3.8) is 0 Å². The van der Waals surface area contributed by atoms with Gasteiger partial charge in [0, 0.05) is 26.8 Å². The van der Waals surface area contributed by atoms with Gasteiger partial charge >= 0.3 is 5.69 Å². The first-order chi connectivity index (χ1) is 9.29. The molecule has 0 radical (unpaired) electrons. The van der Waals surface area contributed by atoms with Crippen molar-refractivity contribution in [2.24, 2.45) is 14.1 Å². The van der Waals surface area contributed by atoms with Crippen LogP contribution in [0.25, 0.3) is 0 Å². The van der Waals surface area contributed by atoms with Gasteiger partial charge in [-0.25, -0.2) is 4.79 Å². The topological polar surface area (TPSA) is 64.3 Å². The lowest BCUT2D eigenvalue weighted by Crippen LogP contribution is -2.43. The predicted octanol–water partition coefficient (Wildman–Crippen LogP) is 0.622. The lowest BCUT2D eigenvalue weighted by Gasteiger charge is -2.20. The fraction of sp³-hybridized carbons (Fsp3) is 0.462. The van der Waals surface area contributed by atoms with Crippen LogP contribution in [0.15, 0.2) is 27.4 Å². The molecular weight excluding hydrogens is 282 g/mol. The average molecular weight is 300 g/mol. The molecule has 1 rings (SSSR count). The van der Waals surface area contributed by atoms with Crippen molar-refractivity contribution >= 4 is 23.2 Å². The van der Waals surface area contributed by atoms with Crippen LogP contribution in [0.2, 0.25) is 0 Å². The van der Waals surface area contributed by atoms with Gasteiger partial charge in [0.15, 0.2) is 0 Å². The Morgan fingerprint density at radius 3 is 2.45 bits per heavy atom. The van der Waals surface area contributed by atoms with Crippen LogP contribution in [0, 0.1) is 0 Å². The Bertz CT molecular complexity index is 654. The molecule has 1 amide bonds. The summed E-state index contributed by atoms with van der Waals surface area (Å²) in [6.07, 6.45) is 3.17. The molecule has 20 heavy (non-hydrogen) atoms. The normalized spacial score (nSPS) is 10.2. The van der Waals surface area contributed by atoms with Crippen LogP contribution >= 0.6 is 11.6 Å². The minimum Gasteiger partial charge on any atom is -0.301 e. The number of carbonyl (C=O) groups is 1. The molecule has 1 aromatic heterocycles. The van der Waals surface area contributed by atoms with Crippen molar-refractivity contribution < 1.29 is 4.79 Å². The van der Waals surface area contributed by atoms with E-state index in [1.807, 2.05) is 19.9 Å². The molecular formula is C13H18ClN3O3. The molecule has 0 spiro atoms. The van der Waals surface area contributed by atoms with E-state index in [9.17, 15) is 14.4 Å². The van der Waals surface area contributed by atoms with Crippen LogP contribution < -0.4 is 16.1 Å². The molecule has 0 saturated carbocycles. The summed E-state index contributed by atoms with van der Waals surface area (Å²) in [6.45, 7) is 4.02. The second-order valence-corrected chi connectivity index (χ2v) is 4.96. The predicted molar refractivity (Wildman–Crippen MR) is 79.4 cm³/mol. The molecule has 0 aliphatic carbocycles. The van der Waals surface area contributed by atoms with Gasteiger partial charge in [0.25, 0.3) is 5.56 Å². The largest absolute Gasteiger partial charge is 0.330 e. The van der Waals surface area contributed by atoms with Crippen molar-refractivity contribution in [1.82, 2.24) is 9.13 Å². The third-order valence-electron chi connectivity index (χ3n) is 2.82. The minimum atomic E-state index is -0.520. The summed E-state index contributed by atoms with van der Waals surface area (Å²) in [5, 5.41) is 0. The van der Waals surface area contributed by atoms with E-state index in [1.165, 1.54) is 29.8 Å². The van der Waals surface area contributed by atoms with Gasteiger partial charge < -0.3 is 9.47 Å². The van der Waals surface area contributed by atoms with E-state index >= 15 is 0 Å². The maximum Gasteiger partial charge on any atom is 0.330 e. The summed E-state index contributed by atoms with van der Waals surface area (Å²) < 4.78 is 2.22. The number of rotatable bonds is 4. The van der Waals surface area contributed by atoms with Crippen LogP contribution in [-0.4, -0.2) is 27.5 Å². The van der Waals surface area contributed by atoms with Crippen LogP contribution in [0.4, 0.5) is 5.69 Å². The summed E-state index contributed by atoms with van der Waals surface area (Å²) in [7, 11) is 2.90. The smallest absolute Gasteiger partial charge is 0.301 e. The van der Waals surface area contributed by atoms with Crippen LogP contribution in [0.3, 0.4) is 0 Å². The van der Waals surface area contributed by atoms with E-state index in [0.717, 1.165) is 10.1 Å². The van der Waals surface area contributed by atoms with Gasteiger partial charge in [0.05, 0.1) is 0 Å². The molecule has 110 valence electrons.